The van der Waals surface area contributed by atoms with Gasteiger partial charge < -0.3 is 9.64 Å². The molecule has 0 aliphatic heterocycles. The largest absolute Gasteiger partial charge is 0.444 e. The lowest BCUT2D eigenvalue weighted by Gasteiger charge is -2.24. The summed E-state index contributed by atoms with van der Waals surface area (Å²) in [6.07, 6.45) is -0.526. The molecule has 0 aliphatic carbocycles. The molecule has 0 atom stereocenters. The average molecular weight is 290 g/mol. The number of ketones is 1. The molecular formula is C12H16ClNO3S. The molecule has 0 unspecified atom stereocenters. The second kappa shape index (κ2) is 5.71. The van der Waals surface area contributed by atoms with Crippen molar-refractivity contribution in [3.8, 4) is 0 Å². The summed E-state index contributed by atoms with van der Waals surface area (Å²) in [5.41, 5.74) is -0.133. The molecule has 18 heavy (non-hydrogen) atoms. The Labute approximate surface area is 115 Å². The third kappa shape index (κ3) is 4.31. The van der Waals surface area contributed by atoms with Crippen molar-refractivity contribution < 1.29 is 14.3 Å². The van der Waals surface area contributed by atoms with E-state index in [0.29, 0.717) is 10.6 Å². The monoisotopic (exact) mass is 289 g/mol. The van der Waals surface area contributed by atoms with E-state index in [4.69, 9.17) is 16.3 Å². The minimum Gasteiger partial charge on any atom is -0.444 e. The van der Waals surface area contributed by atoms with Crippen molar-refractivity contribution >= 4 is 34.8 Å². The number of Topliss-reactive ketones (excluding diaryl/α,β-unsaturated/α-hetero) is 1. The van der Waals surface area contributed by atoms with Crippen LogP contribution < -0.4 is 0 Å². The third-order valence-electron chi connectivity index (χ3n) is 2.00. The first-order chi connectivity index (χ1) is 8.20. The molecule has 1 heterocycles. The summed E-state index contributed by atoms with van der Waals surface area (Å²) >= 11 is 7.21. The van der Waals surface area contributed by atoms with Crippen LogP contribution in [0.5, 0.6) is 0 Å². The zero-order valence-corrected chi connectivity index (χ0v) is 12.4. The molecular weight excluding hydrogens is 274 g/mol. The lowest BCUT2D eigenvalue weighted by Crippen LogP contribution is -2.37. The number of nitrogens with zero attached hydrogens (tertiary/aromatic N) is 1. The van der Waals surface area contributed by atoms with Crippen molar-refractivity contribution in [2.45, 2.75) is 26.4 Å². The molecule has 0 spiro atoms. The van der Waals surface area contributed by atoms with Crippen LogP contribution in [0.15, 0.2) is 10.8 Å². The Morgan fingerprint density at radius 3 is 2.44 bits per heavy atom. The fourth-order valence-electron chi connectivity index (χ4n) is 1.19. The number of rotatable bonds is 3. The van der Waals surface area contributed by atoms with E-state index in [-0.39, 0.29) is 12.3 Å². The Kier molecular flexibility index (Phi) is 4.76. The van der Waals surface area contributed by atoms with Crippen LogP contribution in [0.25, 0.3) is 0 Å². The fourth-order valence-corrected chi connectivity index (χ4v) is 2.27. The second-order valence-corrected chi connectivity index (χ2v) is 6.04. The van der Waals surface area contributed by atoms with E-state index in [0.717, 1.165) is 0 Å². The van der Waals surface area contributed by atoms with E-state index < -0.39 is 11.7 Å². The summed E-state index contributed by atoms with van der Waals surface area (Å²) in [5.74, 6) is -0.199. The molecule has 0 radical (unpaired) electrons. The highest BCUT2D eigenvalue weighted by Crippen LogP contribution is 2.21. The Bertz CT molecular complexity index is 450. The number of thiophene rings is 1. The number of amides is 1. The van der Waals surface area contributed by atoms with Crippen LogP contribution in [0.1, 0.15) is 31.1 Å². The summed E-state index contributed by atoms with van der Waals surface area (Å²) in [6.45, 7) is 5.27. The lowest BCUT2D eigenvalue weighted by molar-refractivity contribution is 0.0295. The molecule has 100 valence electrons. The lowest BCUT2D eigenvalue weighted by atomic mass is 10.2. The molecule has 0 aromatic carbocycles. The maximum absolute atomic E-state index is 11.9. The first-order valence-electron chi connectivity index (χ1n) is 5.39. The number of likely N-dealkylation sites (N-methyl/N-ethyl adjacent to an activating group) is 1. The molecule has 0 N–H and O–H groups in total. The predicted octanol–water partition coefficient (Wildman–Crippen LogP) is 3.45. The van der Waals surface area contributed by atoms with Gasteiger partial charge in [0.25, 0.3) is 0 Å². The van der Waals surface area contributed by atoms with E-state index in [2.05, 4.69) is 0 Å². The van der Waals surface area contributed by atoms with Gasteiger partial charge >= 0.3 is 6.09 Å². The Morgan fingerprint density at radius 2 is 2.00 bits per heavy atom. The van der Waals surface area contributed by atoms with Gasteiger partial charge in [-0.3, -0.25) is 4.79 Å². The predicted molar refractivity (Wildman–Crippen MR) is 72.5 cm³/mol. The minimum absolute atomic E-state index is 0.0502. The number of halogens is 1. The third-order valence-corrected chi connectivity index (χ3v) is 3.19. The van der Waals surface area contributed by atoms with Gasteiger partial charge in [-0.25, -0.2) is 4.79 Å². The van der Waals surface area contributed by atoms with Crippen LogP contribution in [0, 0.1) is 0 Å². The van der Waals surface area contributed by atoms with E-state index in [9.17, 15) is 9.59 Å². The van der Waals surface area contributed by atoms with Crippen molar-refractivity contribution in [2.24, 2.45) is 0 Å². The van der Waals surface area contributed by atoms with E-state index in [1.54, 1.807) is 31.5 Å². The summed E-state index contributed by atoms with van der Waals surface area (Å²) < 4.78 is 5.15. The first-order valence-corrected chi connectivity index (χ1v) is 6.72. The van der Waals surface area contributed by atoms with Gasteiger partial charge in [-0.15, -0.1) is 0 Å². The van der Waals surface area contributed by atoms with Gasteiger partial charge in [0.1, 0.15) is 5.60 Å². The quantitative estimate of drug-likeness (QED) is 0.801. The average Bonchev–Trinajstić information content (AvgIpc) is 2.61. The number of hydrogen-bond donors (Lipinski definition) is 0. The molecule has 0 saturated heterocycles. The number of carbonyl (C=O) groups is 2. The van der Waals surface area contributed by atoms with Gasteiger partial charge in [0.05, 0.1) is 11.6 Å². The summed E-state index contributed by atoms with van der Waals surface area (Å²) in [7, 11) is 1.52. The van der Waals surface area contributed by atoms with Crippen LogP contribution >= 0.6 is 22.9 Å². The normalized spacial score (nSPS) is 11.2. The molecule has 0 saturated carbocycles. The van der Waals surface area contributed by atoms with Gasteiger partial charge in [-0.1, -0.05) is 11.6 Å². The van der Waals surface area contributed by atoms with Crippen LogP contribution in [0.3, 0.4) is 0 Å². The Morgan fingerprint density at radius 1 is 1.39 bits per heavy atom. The zero-order valence-electron chi connectivity index (χ0n) is 10.8. The second-order valence-electron chi connectivity index (χ2n) is 4.89. The highest BCUT2D eigenvalue weighted by Gasteiger charge is 2.22. The van der Waals surface area contributed by atoms with Gasteiger partial charge in [0.15, 0.2) is 5.78 Å². The number of ether oxygens (including phenoxy) is 1. The molecule has 1 rings (SSSR count). The van der Waals surface area contributed by atoms with E-state index in [1.807, 2.05) is 0 Å². The maximum Gasteiger partial charge on any atom is 0.410 e. The first kappa shape index (κ1) is 15.0. The van der Waals surface area contributed by atoms with Crippen molar-refractivity contribution in [2.75, 3.05) is 13.6 Å². The topological polar surface area (TPSA) is 46.6 Å². The summed E-state index contributed by atoms with van der Waals surface area (Å²) in [4.78, 5) is 24.8. The van der Waals surface area contributed by atoms with Gasteiger partial charge in [-0.05, 0) is 20.8 Å². The van der Waals surface area contributed by atoms with Crippen molar-refractivity contribution in [1.82, 2.24) is 4.90 Å². The molecule has 4 nitrogen and oxygen atoms in total. The zero-order chi connectivity index (χ0) is 13.9. The molecule has 0 fully saturated rings. The maximum atomic E-state index is 11.9. The van der Waals surface area contributed by atoms with Gasteiger partial charge in [0.2, 0.25) is 0 Å². The Balaban J connectivity index is 2.60. The Hall–Kier alpha value is -1.07. The van der Waals surface area contributed by atoms with Crippen molar-refractivity contribution in [3.63, 3.8) is 0 Å². The number of hydrogen-bond acceptors (Lipinski definition) is 4. The summed E-state index contributed by atoms with van der Waals surface area (Å²) in [6, 6.07) is 0. The molecule has 0 bridgehead atoms. The summed E-state index contributed by atoms with van der Waals surface area (Å²) in [5, 5.41) is 3.78. The molecule has 0 aliphatic rings. The van der Waals surface area contributed by atoms with Crippen molar-refractivity contribution in [3.05, 3.63) is 21.3 Å². The molecule has 1 aromatic heterocycles. The highest BCUT2D eigenvalue weighted by molar-refractivity contribution is 7.08. The van der Waals surface area contributed by atoms with Crippen LogP contribution in [0.2, 0.25) is 5.02 Å². The standard InChI is InChI=1S/C12H16ClNO3S/c1-12(2,3)17-11(16)14(4)5-10(15)8-6-18-7-9(8)13/h6-7H,5H2,1-4H3. The number of carbonyl (C=O) groups excluding carboxylic acids is 2. The SMILES string of the molecule is CN(CC(=O)c1cscc1Cl)C(=O)OC(C)(C)C. The van der Waals surface area contributed by atoms with Crippen LogP contribution in [-0.4, -0.2) is 36.0 Å². The smallest absolute Gasteiger partial charge is 0.410 e. The molecule has 1 amide bonds. The van der Waals surface area contributed by atoms with Crippen LogP contribution in [0.4, 0.5) is 4.79 Å². The van der Waals surface area contributed by atoms with E-state index >= 15 is 0 Å². The highest BCUT2D eigenvalue weighted by atomic mass is 35.5. The van der Waals surface area contributed by atoms with Crippen LogP contribution in [-0.2, 0) is 4.74 Å². The van der Waals surface area contributed by atoms with Gasteiger partial charge in [-0.2, -0.15) is 11.3 Å². The van der Waals surface area contributed by atoms with E-state index in [1.165, 1.54) is 23.3 Å². The van der Waals surface area contributed by atoms with Crippen molar-refractivity contribution in [1.29, 1.82) is 0 Å². The van der Waals surface area contributed by atoms with Gasteiger partial charge in [0, 0.05) is 23.4 Å². The minimum atomic E-state index is -0.575. The molecule has 6 heteroatoms. The fraction of sp³-hybridized carbons (Fsp3) is 0.500. The molecule has 1 aromatic rings.